The van der Waals surface area contributed by atoms with E-state index in [2.05, 4.69) is 5.32 Å². The normalized spacial score (nSPS) is 11.2. The van der Waals surface area contributed by atoms with E-state index in [1.54, 1.807) is 7.11 Å². The minimum atomic E-state index is -0.291. The maximum Gasteiger partial charge on any atom is 0.224 e. The Morgan fingerprint density at radius 1 is 1.42 bits per heavy atom. The van der Waals surface area contributed by atoms with E-state index in [1.807, 2.05) is 39.0 Å². The number of aryl methyl sites for hydroxylation is 1. The van der Waals surface area contributed by atoms with Gasteiger partial charge in [-0.1, -0.05) is 26.0 Å². The molecule has 0 heterocycles. The number of carbonyl (C=O) groups excluding carboxylic acids is 1. The monoisotopic (exact) mass is 265 g/mol. The van der Waals surface area contributed by atoms with Gasteiger partial charge < -0.3 is 15.2 Å². The molecular formula is C15H23NO3. The summed E-state index contributed by atoms with van der Waals surface area (Å²) < 4.78 is 5.23. The van der Waals surface area contributed by atoms with Crippen molar-refractivity contribution < 1.29 is 14.6 Å². The molecule has 0 aliphatic heterocycles. The topological polar surface area (TPSA) is 58.6 Å². The molecule has 19 heavy (non-hydrogen) atoms. The Hall–Kier alpha value is -1.55. The van der Waals surface area contributed by atoms with Crippen LogP contribution >= 0.6 is 0 Å². The third-order valence-corrected chi connectivity index (χ3v) is 3.03. The van der Waals surface area contributed by atoms with E-state index in [9.17, 15) is 4.79 Å². The zero-order valence-electron chi connectivity index (χ0n) is 12.1. The van der Waals surface area contributed by atoms with E-state index in [4.69, 9.17) is 9.84 Å². The minimum absolute atomic E-state index is 0.0473. The maximum absolute atomic E-state index is 11.8. The summed E-state index contributed by atoms with van der Waals surface area (Å²) in [6.07, 6.45) is 0.318. The molecule has 0 aliphatic carbocycles. The molecule has 2 N–H and O–H groups in total. The van der Waals surface area contributed by atoms with Crippen LogP contribution in [0.3, 0.4) is 0 Å². The summed E-state index contributed by atoms with van der Waals surface area (Å²) in [5.74, 6) is 0.744. The molecule has 0 saturated heterocycles. The van der Waals surface area contributed by atoms with Gasteiger partial charge >= 0.3 is 0 Å². The molecule has 0 spiro atoms. The van der Waals surface area contributed by atoms with Gasteiger partial charge in [0.15, 0.2) is 0 Å². The first kappa shape index (κ1) is 15.5. The first-order valence-electron chi connectivity index (χ1n) is 6.39. The van der Waals surface area contributed by atoms with Crippen molar-refractivity contribution in [3.63, 3.8) is 0 Å². The smallest absolute Gasteiger partial charge is 0.224 e. The minimum Gasteiger partial charge on any atom is -0.496 e. The van der Waals surface area contributed by atoms with Gasteiger partial charge in [-0.3, -0.25) is 4.79 Å². The molecule has 0 saturated carbocycles. The molecule has 4 nitrogen and oxygen atoms in total. The number of methoxy groups -OCH3 is 1. The second-order valence-electron chi connectivity index (χ2n) is 5.58. The van der Waals surface area contributed by atoms with Crippen molar-refractivity contribution in [3.05, 3.63) is 29.3 Å². The number of carbonyl (C=O) groups is 1. The van der Waals surface area contributed by atoms with Crippen molar-refractivity contribution in [2.24, 2.45) is 5.41 Å². The fourth-order valence-corrected chi connectivity index (χ4v) is 1.62. The number of benzene rings is 1. The molecular weight excluding hydrogens is 242 g/mol. The molecule has 1 amide bonds. The van der Waals surface area contributed by atoms with E-state index < -0.39 is 0 Å². The Balaban J connectivity index is 2.58. The quantitative estimate of drug-likeness (QED) is 0.822. The fraction of sp³-hybridized carbons (Fsp3) is 0.533. The standard InChI is InChI=1S/C15H23NO3/c1-11-5-6-12(7-13(11)19-4)8-14(18)16-9-15(2,3)10-17/h5-7,17H,8-10H2,1-4H3,(H,16,18). The number of nitrogens with one attached hydrogen (secondary N) is 1. The van der Waals surface area contributed by atoms with Gasteiger partial charge in [-0.15, -0.1) is 0 Å². The Labute approximate surface area is 114 Å². The highest BCUT2D eigenvalue weighted by atomic mass is 16.5. The molecule has 0 aromatic heterocycles. The molecule has 0 unspecified atom stereocenters. The summed E-state index contributed by atoms with van der Waals surface area (Å²) in [6, 6.07) is 5.75. The molecule has 1 rings (SSSR count). The van der Waals surface area contributed by atoms with Gasteiger partial charge in [0.05, 0.1) is 13.5 Å². The number of rotatable bonds is 6. The van der Waals surface area contributed by atoms with Gasteiger partial charge in [-0.05, 0) is 24.1 Å². The Kier molecular flexibility index (Phi) is 5.36. The number of aliphatic hydroxyl groups is 1. The third-order valence-electron chi connectivity index (χ3n) is 3.03. The van der Waals surface area contributed by atoms with Crippen LogP contribution in [0.4, 0.5) is 0 Å². The lowest BCUT2D eigenvalue weighted by atomic mass is 9.95. The predicted octanol–water partition coefficient (Wildman–Crippen LogP) is 1.68. The highest BCUT2D eigenvalue weighted by Crippen LogP contribution is 2.19. The zero-order valence-corrected chi connectivity index (χ0v) is 12.1. The number of amides is 1. The van der Waals surface area contributed by atoms with Gasteiger partial charge in [-0.25, -0.2) is 0 Å². The van der Waals surface area contributed by atoms with E-state index >= 15 is 0 Å². The largest absolute Gasteiger partial charge is 0.496 e. The highest BCUT2D eigenvalue weighted by molar-refractivity contribution is 5.78. The Morgan fingerprint density at radius 2 is 2.11 bits per heavy atom. The summed E-state index contributed by atoms with van der Waals surface area (Å²) in [6.45, 7) is 6.29. The molecule has 0 radical (unpaired) electrons. The summed E-state index contributed by atoms with van der Waals surface area (Å²) >= 11 is 0. The van der Waals surface area contributed by atoms with Crippen LogP contribution in [0.25, 0.3) is 0 Å². The van der Waals surface area contributed by atoms with E-state index in [0.717, 1.165) is 16.9 Å². The summed E-state index contributed by atoms with van der Waals surface area (Å²) in [5.41, 5.74) is 1.68. The second kappa shape index (κ2) is 6.57. The molecule has 1 aromatic carbocycles. The van der Waals surface area contributed by atoms with Crippen LogP contribution in [-0.2, 0) is 11.2 Å². The van der Waals surface area contributed by atoms with Gasteiger partial charge in [0.1, 0.15) is 5.75 Å². The van der Waals surface area contributed by atoms with Crippen molar-refractivity contribution >= 4 is 5.91 Å². The first-order valence-corrected chi connectivity index (χ1v) is 6.39. The Morgan fingerprint density at radius 3 is 2.68 bits per heavy atom. The van der Waals surface area contributed by atoms with E-state index in [-0.39, 0.29) is 17.9 Å². The van der Waals surface area contributed by atoms with E-state index in [1.165, 1.54) is 0 Å². The molecule has 0 atom stereocenters. The summed E-state index contributed by atoms with van der Waals surface area (Å²) in [4.78, 5) is 11.8. The van der Waals surface area contributed by atoms with Crippen molar-refractivity contribution in [2.45, 2.75) is 27.2 Å². The van der Waals surface area contributed by atoms with Crippen LogP contribution in [0.2, 0.25) is 0 Å². The molecule has 4 heteroatoms. The average molecular weight is 265 g/mol. The molecule has 106 valence electrons. The molecule has 0 fully saturated rings. The van der Waals surface area contributed by atoms with Crippen LogP contribution < -0.4 is 10.1 Å². The van der Waals surface area contributed by atoms with Crippen molar-refractivity contribution in [2.75, 3.05) is 20.3 Å². The van der Waals surface area contributed by atoms with Crippen LogP contribution in [0, 0.1) is 12.3 Å². The van der Waals surface area contributed by atoms with Crippen LogP contribution in [0.15, 0.2) is 18.2 Å². The molecule has 1 aromatic rings. The number of hydrogen-bond donors (Lipinski definition) is 2. The maximum atomic E-state index is 11.8. The van der Waals surface area contributed by atoms with Gasteiger partial charge in [0.25, 0.3) is 0 Å². The van der Waals surface area contributed by atoms with Crippen molar-refractivity contribution in [1.29, 1.82) is 0 Å². The number of aliphatic hydroxyl groups excluding tert-OH is 1. The summed E-state index contributed by atoms with van der Waals surface area (Å²) in [5, 5.41) is 12.0. The molecule has 0 aliphatic rings. The van der Waals surface area contributed by atoms with Gasteiger partial charge in [0.2, 0.25) is 5.91 Å². The summed E-state index contributed by atoms with van der Waals surface area (Å²) in [7, 11) is 1.62. The second-order valence-corrected chi connectivity index (χ2v) is 5.58. The SMILES string of the molecule is COc1cc(CC(=O)NCC(C)(C)CO)ccc1C. The highest BCUT2D eigenvalue weighted by Gasteiger charge is 2.17. The number of hydrogen-bond acceptors (Lipinski definition) is 3. The van der Waals surface area contributed by atoms with Crippen LogP contribution in [0.1, 0.15) is 25.0 Å². The predicted molar refractivity (Wildman–Crippen MR) is 75.3 cm³/mol. The number of ether oxygens (including phenoxy) is 1. The lowest BCUT2D eigenvalue weighted by molar-refractivity contribution is -0.121. The van der Waals surface area contributed by atoms with E-state index in [0.29, 0.717) is 13.0 Å². The van der Waals surface area contributed by atoms with Crippen molar-refractivity contribution in [1.82, 2.24) is 5.32 Å². The van der Waals surface area contributed by atoms with Crippen LogP contribution in [0.5, 0.6) is 5.75 Å². The third kappa shape index (κ3) is 4.91. The first-order chi connectivity index (χ1) is 8.88. The zero-order chi connectivity index (χ0) is 14.5. The fourth-order valence-electron chi connectivity index (χ4n) is 1.62. The average Bonchev–Trinajstić information content (AvgIpc) is 2.39. The van der Waals surface area contributed by atoms with Crippen molar-refractivity contribution in [3.8, 4) is 5.75 Å². The lowest BCUT2D eigenvalue weighted by Gasteiger charge is -2.21. The van der Waals surface area contributed by atoms with Gasteiger partial charge in [-0.2, -0.15) is 0 Å². The van der Waals surface area contributed by atoms with Crippen LogP contribution in [-0.4, -0.2) is 31.3 Å². The van der Waals surface area contributed by atoms with Gasteiger partial charge in [0, 0.05) is 18.6 Å². The lowest BCUT2D eigenvalue weighted by Crippen LogP contribution is -2.36. The Bertz CT molecular complexity index is 441. The molecule has 0 bridgehead atoms.